The van der Waals surface area contributed by atoms with Crippen LogP contribution < -0.4 is 0 Å². The molecule has 0 saturated carbocycles. The van der Waals surface area contributed by atoms with Crippen molar-refractivity contribution in [3.8, 4) is 55.6 Å². The van der Waals surface area contributed by atoms with Crippen LogP contribution in [0.15, 0.2) is 243 Å². The summed E-state index contributed by atoms with van der Waals surface area (Å²) in [6.07, 6.45) is 8.18. The number of rotatable bonds is 6. The molecule has 0 N–H and O–H groups in total. The normalized spacial score (nSPS) is 14.1. The molecule has 0 aromatic heterocycles. The van der Waals surface area contributed by atoms with Crippen molar-refractivity contribution in [2.75, 3.05) is 0 Å². The molecule has 0 nitrogen and oxygen atoms in total. The summed E-state index contributed by atoms with van der Waals surface area (Å²) in [6.45, 7) is 0. The zero-order chi connectivity index (χ0) is 45.9. The van der Waals surface area contributed by atoms with Crippen molar-refractivity contribution in [2.45, 2.75) is 12.3 Å². The zero-order valence-electron chi connectivity index (χ0n) is 38.5. The lowest BCUT2D eigenvalue weighted by Gasteiger charge is -2.30. The predicted molar refractivity (Wildman–Crippen MR) is 300 cm³/mol. The molecule has 0 saturated heterocycles. The van der Waals surface area contributed by atoms with E-state index in [9.17, 15) is 0 Å². The van der Waals surface area contributed by atoms with E-state index < -0.39 is 0 Å². The first-order chi connectivity index (χ1) is 34.7. The highest BCUT2D eigenvalue weighted by Crippen LogP contribution is 2.49. The van der Waals surface area contributed by atoms with Crippen LogP contribution in [0.4, 0.5) is 0 Å². The highest BCUT2D eigenvalue weighted by Gasteiger charge is 2.28. The highest BCUT2D eigenvalue weighted by molar-refractivity contribution is 6.27. The molecule has 1 unspecified atom stereocenters. The van der Waals surface area contributed by atoms with Crippen LogP contribution in [0.5, 0.6) is 0 Å². The molecule has 0 aliphatic heterocycles. The van der Waals surface area contributed by atoms with E-state index in [-0.39, 0.29) is 5.92 Å². The summed E-state index contributed by atoms with van der Waals surface area (Å²) < 4.78 is 0. The van der Waals surface area contributed by atoms with E-state index in [1.165, 1.54) is 148 Å². The fourth-order valence-corrected chi connectivity index (χ4v) is 12.2. The lowest BCUT2D eigenvalue weighted by molar-refractivity contribution is 1.08. The number of fused-ring (bicyclic) bond motifs is 2. The minimum atomic E-state index is 0.243. The highest BCUT2D eigenvalue weighted by atomic mass is 14.3. The molecule has 0 fully saturated rings. The maximum absolute atomic E-state index is 2.48. The smallest absolute Gasteiger partial charge is 0.0276 e. The minimum Gasteiger partial charge on any atom is -0.0753 e. The first-order valence-electron chi connectivity index (χ1n) is 24.6. The molecule has 0 spiro atoms. The van der Waals surface area contributed by atoms with Gasteiger partial charge in [-0.05, 0) is 161 Å². The SMILES string of the molecule is C1=CC(c2ccc3ccccc3c2)C2=CCc3ccc(-c4ccc(-c5ccc(-c6ccc(-c7ccc8ccc9c(-c%10ccc%11ccccc%11c%10)ccc%10ccc7c8c%109)cc6)cc5)cc4)c4ccc1c2c34. The monoisotopic (exact) mass is 884 g/mol. The second kappa shape index (κ2) is 15.3. The lowest BCUT2D eigenvalue weighted by atomic mass is 9.74. The summed E-state index contributed by atoms with van der Waals surface area (Å²) in [5.41, 5.74) is 19.4. The van der Waals surface area contributed by atoms with E-state index in [2.05, 4.69) is 249 Å². The first kappa shape index (κ1) is 39.2. The molecular formula is C70H44. The molecule has 2 aliphatic rings. The molecule has 0 amide bonds. The largest absolute Gasteiger partial charge is 0.0753 e. The minimum absolute atomic E-state index is 0.243. The van der Waals surface area contributed by atoms with Gasteiger partial charge in [0.05, 0.1) is 0 Å². The Kier molecular flexibility index (Phi) is 8.59. The summed E-state index contributed by atoms with van der Waals surface area (Å²) in [4.78, 5) is 0. The molecule has 15 rings (SSSR count). The van der Waals surface area contributed by atoms with Crippen molar-refractivity contribution in [1.82, 2.24) is 0 Å². The molecular weight excluding hydrogens is 841 g/mol. The molecule has 0 radical (unpaired) electrons. The van der Waals surface area contributed by atoms with Crippen LogP contribution in [0.1, 0.15) is 28.2 Å². The van der Waals surface area contributed by atoms with Crippen LogP contribution >= 0.6 is 0 Å². The third-order valence-corrected chi connectivity index (χ3v) is 15.7. The molecule has 2 aliphatic carbocycles. The Bertz CT molecular complexity index is 4330. The molecule has 324 valence electrons. The van der Waals surface area contributed by atoms with Gasteiger partial charge in [0.15, 0.2) is 0 Å². The summed E-state index contributed by atoms with van der Waals surface area (Å²) in [5, 5.41) is 15.7. The van der Waals surface area contributed by atoms with Crippen molar-refractivity contribution in [1.29, 1.82) is 0 Å². The van der Waals surface area contributed by atoms with Gasteiger partial charge in [0.1, 0.15) is 0 Å². The van der Waals surface area contributed by atoms with Gasteiger partial charge >= 0.3 is 0 Å². The third kappa shape index (κ3) is 6.10. The Morgan fingerprint density at radius 2 is 0.757 bits per heavy atom. The first-order valence-corrected chi connectivity index (χ1v) is 24.6. The second-order valence-corrected chi connectivity index (χ2v) is 19.5. The maximum Gasteiger partial charge on any atom is 0.0276 e. The van der Waals surface area contributed by atoms with E-state index in [0.717, 1.165) is 6.42 Å². The Labute approximate surface area is 407 Å². The summed E-state index contributed by atoms with van der Waals surface area (Å²) >= 11 is 0. The van der Waals surface area contributed by atoms with Crippen LogP contribution in [-0.4, -0.2) is 0 Å². The number of benzene rings is 13. The van der Waals surface area contributed by atoms with E-state index in [1.54, 1.807) is 0 Å². The molecule has 1 atom stereocenters. The van der Waals surface area contributed by atoms with Crippen molar-refractivity contribution in [3.63, 3.8) is 0 Å². The fourth-order valence-electron chi connectivity index (χ4n) is 12.2. The van der Waals surface area contributed by atoms with E-state index >= 15 is 0 Å². The Balaban J connectivity index is 0.705. The zero-order valence-corrected chi connectivity index (χ0v) is 38.5. The average molecular weight is 885 g/mol. The molecule has 0 bridgehead atoms. The van der Waals surface area contributed by atoms with Gasteiger partial charge in [-0.3, -0.25) is 0 Å². The molecule has 0 heterocycles. The van der Waals surface area contributed by atoms with E-state index in [4.69, 9.17) is 0 Å². The summed E-state index contributed by atoms with van der Waals surface area (Å²) in [7, 11) is 0. The van der Waals surface area contributed by atoms with E-state index in [0.29, 0.717) is 0 Å². The second-order valence-electron chi connectivity index (χ2n) is 19.5. The lowest BCUT2D eigenvalue weighted by Crippen LogP contribution is -2.10. The van der Waals surface area contributed by atoms with Gasteiger partial charge in [0.25, 0.3) is 0 Å². The molecule has 0 heteroatoms. The van der Waals surface area contributed by atoms with E-state index in [1.807, 2.05) is 0 Å². The van der Waals surface area contributed by atoms with Crippen molar-refractivity contribution >= 4 is 76.3 Å². The Morgan fingerprint density at radius 1 is 0.314 bits per heavy atom. The van der Waals surface area contributed by atoms with Crippen LogP contribution in [0.3, 0.4) is 0 Å². The quantitative estimate of drug-likeness (QED) is 0.146. The Hall–Kier alpha value is -8.84. The number of hydrogen-bond acceptors (Lipinski definition) is 0. The Morgan fingerprint density at radius 3 is 1.36 bits per heavy atom. The topological polar surface area (TPSA) is 0 Å². The fraction of sp³-hybridized carbons (Fsp3) is 0.0286. The standard InChI is InChI=1S/C70H44/c1-3-7-55-41-57(23-17-43(55)5-1)61-35-27-53-29-37-63-59(33-25-51-31-39-65(61)69(53)67(51)63)49-19-13-47(14-20-49)45-9-11-46(12-10-45)48-15-21-50(22-16-48)60-34-26-52-32-40-66-62(36-28-54-30-38-64(60)68(52)70(54)66)58-24-18-44-6-2-4-8-56(44)42-58/h1-31,33-42,62H,32H2. The molecule has 13 aromatic carbocycles. The van der Waals surface area contributed by atoms with Gasteiger partial charge < -0.3 is 0 Å². The van der Waals surface area contributed by atoms with Gasteiger partial charge in [0.2, 0.25) is 0 Å². The van der Waals surface area contributed by atoms with Crippen molar-refractivity contribution in [3.05, 3.63) is 265 Å². The van der Waals surface area contributed by atoms with Gasteiger partial charge in [-0.1, -0.05) is 243 Å². The van der Waals surface area contributed by atoms with Crippen LogP contribution in [0.25, 0.3) is 132 Å². The van der Waals surface area contributed by atoms with Crippen molar-refractivity contribution in [2.24, 2.45) is 0 Å². The summed E-state index contributed by atoms with van der Waals surface area (Å²) in [6, 6.07) is 86.3. The van der Waals surface area contributed by atoms with Gasteiger partial charge in [-0.15, -0.1) is 0 Å². The maximum atomic E-state index is 2.48. The number of allylic oxidation sites excluding steroid dienone is 3. The van der Waals surface area contributed by atoms with Gasteiger partial charge in [0, 0.05) is 5.92 Å². The van der Waals surface area contributed by atoms with Crippen molar-refractivity contribution < 1.29 is 0 Å². The van der Waals surface area contributed by atoms with Gasteiger partial charge in [-0.25, -0.2) is 0 Å². The van der Waals surface area contributed by atoms with Crippen LogP contribution in [0.2, 0.25) is 0 Å². The van der Waals surface area contributed by atoms with Crippen LogP contribution in [0, 0.1) is 0 Å². The average Bonchev–Trinajstić information content (AvgIpc) is 3.43. The summed E-state index contributed by atoms with van der Waals surface area (Å²) in [5.74, 6) is 0.243. The van der Waals surface area contributed by atoms with Gasteiger partial charge in [-0.2, -0.15) is 0 Å². The number of hydrogen-bond donors (Lipinski definition) is 0. The molecule has 13 aromatic rings. The molecule has 70 heavy (non-hydrogen) atoms. The van der Waals surface area contributed by atoms with Crippen LogP contribution in [-0.2, 0) is 6.42 Å². The predicted octanol–water partition coefficient (Wildman–Crippen LogP) is 19.1. The third-order valence-electron chi connectivity index (χ3n) is 15.7.